The fourth-order valence-electron chi connectivity index (χ4n) is 3.71. The monoisotopic (exact) mass is 415 g/mol. The van der Waals surface area contributed by atoms with E-state index in [2.05, 4.69) is 48.3 Å². The number of ether oxygens (including phenoxy) is 2. The van der Waals surface area contributed by atoms with E-state index in [1.165, 1.54) is 11.6 Å². The molecule has 3 aromatic carbocycles. The molecule has 0 aliphatic heterocycles. The van der Waals surface area contributed by atoms with Crippen LogP contribution in [0.5, 0.6) is 11.5 Å². The van der Waals surface area contributed by atoms with E-state index in [1.54, 1.807) is 26.4 Å². The van der Waals surface area contributed by atoms with Crippen LogP contribution in [0.15, 0.2) is 82.0 Å². The van der Waals surface area contributed by atoms with Gasteiger partial charge in [0, 0.05) is 30.8 Å². The van der Waals surface area contributed by atoms with Crippen molar-refractivity contribution < 1.29 is 13.9 Å². The van der Waals surface area contributed by atoms with Crippen molar-refractivity contribution in [2.24, 2.45) is 0 Å². The van der Waals surface area contributed by atoms with Gasteiger partial charge in [-0.25, -0.2) is 0 Å². The first-order chi connectivity index (χ1) is 15.1. The van der Waals surface area contributed by atoms with E-state index in [0.29, 0.717) is 28.2 Å². The number of rotatable bonds is 7. The Morgan fingerprint density at radius 2 is 1.48 bits per heavy atom. The number of benzene rings is 3. The summed E-state index contributed by atoms with van der Waals surface area (Å²) in [4.78, 5) is 15.0. The van der Waals surface area contributed by atoms with E-state index in [9.17, 15) is 4.79 Å². The quantitative estimate of drug-likeness (QED) is 0.420. The molecule has 1 heterocycles. The van der Waals surface area contributed by atoms with Crippen LogP contribution in [0.2, 0.25) is 0 Å². The van der Waals surface area contributed by atoms with E-state index >= 15 is 0 Å². The zero-order valence-corrected chi connectivity index (χ0v) is 17.9. The summed E-state index contributed by atoms with van der Waals surface area (Å²) in [5.41, 5.74) is 3.62. The molecule has 0 saturated carbocycles. The summed E-state index contributed by atoms with van der Waals surface area (Å²) >= 11 is 0. The van der Waals surface area contributed by atoms with Gasteiger partial charge in [-0.05, 0) is 30.3 Å². The molecule has 0 fully saturated rings. The Hall–Kier alpha value is -3.57. The highest BCUT2D eigenvalue weighted by Crippen LogP contribution is 2.32. The van der Waals surface area contributed by atoms with Gasteiger partial charge in [0.15, 0.2) is 16.9 Å². The summed E-state index contributed by atoms with van der Waals surface area (Å²) in [5, 5.41) is 0.458. The van der Waals surface area contributed by atoms with E-state index in [4.69, 9.17) is 13.9 Å². The van der Waals surface area contributed by atoms with Crippen molar-refractivity contribution in [3.8, 4) is 22.8 Å². The van der Waals surface area contributed by atoms with Crippen LogP contribution in [0.4, 0.5) is 0 Å². The molecule has 5 heteroatoms. The summed E-state index contributed by atoms with van der Waals surface area (Å²) in [6, 6.07) is 23.3. The third kappa shape index (κ3) is 4.62. The Morgan fingerprint density at radius 1 is 0.806 bits per heavy atom. The van der Waals surface area contributed by atoms with Crippen LogP contribution in [0.25, 0.3) is 22.3 Å². The Balaban J connectivity index is 1.63. The highest BCUT2D eigenvalue weighted by atomic mass is 16.5. The molecule has 0 saturated heterocycles. The number of fused-ring (bicyclic) bond motifs is 1. The number of nitrogens with zero attached hydrogens (tertiary/aromatic N) is 1. The average Bonchev–Trinajstić information content (AvgIpc) is 2.79. The van der Waals surface area contributed by atoms with Crippen LogP contribution in [0.1, 0.15) is 11.1 Å². The second-order valence-corrected chi connectivity index (χ2v) is 7.54. The lowest BCUT2D eigenvalue weighted by Crippen LogP contribution is -2.17. The van der Waals surface area contributed by atoms with E-state index < -0.39 is 0 Å². The van der Waals surface area contributed by atoms with Crippen molar-refractivity contribution in [3.05, 3.63) is 94.1 Å². The molecular formula is C26H25NO4. The van der Waals surface area contributed by atoms with Gasteiger partial charge in [-0.2, -0.15) is 0 Å². The highest BCUT2D eigenvalue weighted by molar-refractivity contribution is 5.82. The first-order valence-electron chi connectivity index (χ1n) is 10.1. The Bertz CT molecular complexity index is 1250. The lowest BCUT2D eigenvalue weighted by Gasteiger charge is -2.17. The fraction of sp³-hybridized carbons (Fsp3) is 0.192. The van der Waals surface area contributed by atoms with Crippen LogP contribution in [-0.2, 0) is 13.1 Å². The van der Waals surface area contributed by atoms with Crippen LogP contribution in [0.3, 0.4) is 0 Å². The summed E-state index contributed by atoms with van der Waals surface area (Å²) < 4.78 is 16.7. The molecule has 0 aliphatic carbocycles. The maximum absolute atomic E-state index is 12.7. The summed E-state index contributed by atoms with van der Waals surface area (Å²) in [5.74, 6) is 1.54. The second-order valence-electron chi connectivity index (χ2n) is 7.54. The highest BCUT2D eigenvalue weighted by Gasteiger charge is 2.13. The SMILES string of the molecule is COc1cc2oc(-c3cccc(CN(C)Cc4ccccc4)c3)cc(=O)c2cc1OC. The summed E-state index contributed by atoms with van der Waals surface area (Å²) in [6.07, 6.45) is 0. The van der Waals surface area contributed by atoms with Crippen LogP contribution < -0.4 is 14.9 Å². The molecule has 0 radical (unpaired) electrons. The Morgan fingerprint density at radius 3 is 2.23 bits per heavy atom. The molecule has 0 atom stereocenters. The molecule has 4 rings (SSSR count). The topological polar surface area (TPSA) is 51.9 Å². The summed E-state index contributed by atoms with van der Waals surface area (Å²) in [7, 11) is 5.19. The average molecular weight is 415 g/mol. The smallest absolute Gasteiger partial charge is 0.193 e. The minimum atomic E-state index is -0.121. The lowest BCUT2D eigenvalue weighted by atomic mass is 10.1. The van der Waals surface area contributed by atoms with Gasteiger partial charge in [0.2, 0.25) is 0 Å². The number of hydrogen-bond donors (Lipinski definition) is 0. The molecule has 0 bridgehead atoms. The second kappa shape index (κ2) is 9.06. The Labute approximate surface area is 181 Å². The molecule has 4 aromatic rings. The molecule has 31 heavy (non-hydrogen) atoms. The van der Waals surface area contributed by atoms with Crippen molar-refractivity contribution >= 4 is 11.0 Å². The first-order valence-corrected chi connectivity index (χ1v) is 10.1. The maximum atomic E-state index is 12.7. The van der Waals surface area contributed by atoms with Crippen molar-refractivity contribution in [1.82, 2.24) is 4.90 Å². The molecule has 0 N–H and O–H groups in total. The molecular weight excluding hydrogens is 390 g/mol. The van der Waals surface area contributed by atoms with Gasteiger partial charge in [-0.3, -0.25) is 9.69 Å². The minimum Gasteiger partial charge on any atom is -0.493 e. The van der Waals surface area contributed by atoms with Gasteiger partial charge < -0.3 is 13.9 Å². The largest absolute Gasteiger partial charge is 0.493 e. The zero-order valence-electron chi connectivity index (χ0n) is 17.9. The molecule has 5 nitrogen and oxygen atoms in total. The normalized spacial score (nSPS) is 11.1. The Kier molecular flexibility index (Phi) is 6.05. The van der Waals surface area contributed by atoms with Gasteiger partial charge in [0.25, 0.3) is 0 Å². The third-order valence-corrected chi connectivity index (χ3v) is 5.19. The molecule has 0 amide bonds. The van der Waals surface area contributed by atoms with Gasteiger partial charge in [0.1, 0.15) is 11.3 Å². The summed E-state index contributed by atoms with van der Waals surface area (Å²) in [6.45, 7) is 1.64. The van der Waals surface area contributed by atoms with E-state index in [1.807, 2.05) is 18.2 Å². The molecule has 1 aromatic heterocycles. The predicted molar refractivity (Wildman–Crippen MR) is 123 cm³/mol. The number of methoxy groups -OCH3 is 2. The van der Waals surface area contributed by atoms with Crippen LogP contribution in [-0.4, -0.2) is 26.2 Å². The predicted octanol–water partition coefficient (Wildman–Crippen LogP) is 5.11. The van der Waals surface area contributed by atoms with Gasteiger partial charge in [-0.1, -0.05) is 48.5 Å². The van der Waals surface area contributed by atoms with Crippen molar-refractivity contribution in [3.63, 3.8) is 0 Å². The van der Waals surface area contributed by atoms with Crippen LogP contribution in [0, 0.1) is 0 Å². The van der Waals surface area contributed by atoms with E-state index in [0.717, 1.165) is 24.2 Å². The standard InChI is InChI=1S/C26H25NO4/c1-27(16-18-8-5-4-6-9-18)17-19-10-7-11-20(12-19)23-14-22(28)21-13-25(29-2)26(30-3)15-24(21)31-23/h4-15H,16-17H2,1-3H3. The van der Waals surface area contributed by atoms with Crippen molar-refractivity contribution in [2.45, 2.75) is 13.1 Å². The van der Waals surface area contributed by atoms with Gasteiger partial charge in [-0.15, -0.1) is 0 Å². The first kappa shape index (κ1) is 20.7. The van der Waals surface area contributed by atoms with Crippen molar-refractivity contribution in [2.75, 3.05) is 21.3 Å². The lowest BCUT2D eigenvalue weighted by molar-refractivity contribution is 0.319. The molecule has 0 spiro atoms. The zero-order chi connectivity index (χ0) is 21.8. The maximum Gasteiger partial charge on any atom is 0.193 e. The fourth-order valence-corrected chi connectivity index (χ4v) is 3.71. The molecule has 0 aliphatic rings. The number of hydrogen-bond acceptors (Lipinski definition) is 5. The minimum absolute atomic E-state index is 0.121. The van der Waals surface area contributed by atoms with Crippen molar-refractivity contribution in [1.29, 1.82) is 0 Å². The van der Waals surface area contributed by atoms with Gasteiger partial charge in [0.05, 0.1) is 19.6 Å². The molecule has 158 valence electrons. The van der Waals surface area contributed by atoms with Gasteiger partial charge >= 0.3 is 0 Å². The molecule has 0 unspecified atom stereocenters. The van der Waals surface area contributed by atoms with E-state index in [-0.39, 0.29) is 5.43 Å². The third-order valence-electron chi connectivity index (χ3n) is 5.19. The van der Waals surface area contributed by atoms with Crippen LogP contribution >= 0.6 is 0 Å².